The van der Waals surface area contributed by atoms with Crippen LogP contribution in [0, 0.1) is 23.2 Å². The molecule has 176 valence electrons. The Morgan fingerprint density at radius 3 is 2.75 bits per heavy atom. The zero-order chi connectivity index (χ0) is 23.1. The van der Waals surface area contributed by atoms with Gasteiger partial charge in [0.2, 0.25) is 0 Å². The molecule has 5 aliphatic rings. The molecule has 2 N–H and O–H groups in total. The first-order valence-corrected chi connectivity index (χ1v) is 11.6. The summed E-state index contributed by atoms with van der Waals surface area (Å²) in [5, 5.41) is 21.0. The van der Waals surface area contributed by atoms with Gasteiger partial charge < -0.3 is 19.7 Å². The lowest BCUT2D eigenvalue weighted by Gasteiger charge is -2.59. The number of halogens is 2. The number of ether oxygens (including phenoxy) is 2. The second-order valence-corrected chi connectivity index (χ2v) is 10.3. The van der Waals surface area contributed by atoms with Crippen LogP contribution in [0.4, 0.5) is 8.78 Å². The summed E-state index contributed by atoms with van der Waals surface area (Å²) < 4.78 is 44.3. The van der Waals surface area contributed by atoms with E-state index >= 15 is 8.78 Å². The molecule has 0 aromatic heterocycles. The third-order valence-corrected chi connectivity index (χ3v) is 8.91. The number of hydrogen-bond donors (Lipinski definition) is 2. The summed E-state index contributed by atoms with van der Waals surface area (Å²) in [5.74, 6) is -3.35. The van der Waals surface area contributed by atoms with Crippen LogP contribution in [0.25, 0.3) is 0 Å². The quantitative estimate of drug-likeness (QED) is 0.680. The van der Waals surface area contributed by atoms with Crippen LogP contribution in [0.15, 0.2) is 23.8 Å². The molecule has 8 heteroatoms. The molecule has 0 radical (unpaired) electrons. The van der Waals surface area contributed by atoms with Crippen LogP contribution < -0.4 is 0 Å². The number of Topliss-reactive ketones (excluding diaryl/α,β-unsaturated/α-hetero) is 1. The lowest BCUT2D eigenvalue weighted by atomic mass is 9.48. The van der Waals surface area contributed by atoms with Crippen LogP contribution in [0.3, 0.4) is 0 Å². The monoisotopic (exact) mass is 452 g/mol. The molecule has 6 nitrogen and oxygen atoms in total. The minimum absolute atomic E-state index is 0.0775. The molecule has 10 atom stereocenters. The van der Waals surface area contributed by atoms with Crippen molar-refractivity contribution in [2.24, 2.45) is 23.2 Å². The van der Waals surface area contributed by atoms with Gasteiger partial charge in [-0.3, -0.25) is 9.59 Å². The van der Waals surface area contributed by atoms with Gasteiger partial charge in [-0.1, -0.05) is 26.3 Å². The molecule has 32 heavy (non-hydrogen) atoms. The average Bonchev–Trinajstić information content (AvgIpc) is 3.22. The summed E-state index contributed by atoms with van der Waals surface area (Å²) in [7, 11) is 0. The fourth-order valence-corrected chi connectivity index (χ4v) is 7.58. The van der Waals surface area contributed by atoms with E-state index in [1.807, 2.05) is 6.92 Å². The van der Waals surface area contributed by atoms with Gasteiger partial charge in [0, 0.05) is 17.3 Å². The maximum atomic E-state index is 16.8. The Bertz CT molecular complexity index is 903. The van der Waals surface area contributed by atoms with Gasteiger partial charge in [-0.2, -0.15) is 0 Å². The zero-order valence-electron chi connectivity index (χ0n) is 18.3. The number of carbonyl (C=O) groups excluding carboxylic acids is 2. The van der Waals surface area contributed by atoms with E-state index in [0.717, 1.165) is 12.5 Å². The minimum Gasteiger partial charge on any atom is -0.390 e. The van der Waals surface area contributed by atoms with Crippen LogP contribution in [-0.4, -0.2) is 64.3 Å². The van der Waals surface area contributed by atoms with Crippen LogP contribution >= 0.6 is 0 Å². The molecule has 0 amide bonds. The van der Waals surface area contributed by atoms with Gasteiger partial charge in [0.05, 0.1) is 12.2 Å². The topological polar surface area (TPSA) is 93.1 Å². The van der Waals surface area contributed by atoms with Crippen LogP contribution in [0.1, 0.15) is 46.0 Å². The van der Waals surface area contributed by atoms with Gasteiger partial charge in [0.1, 0.15) is 18.4 Å². The highest BCUT2D eigenvalue weighted by Gasteiger charge is 2.78. The highest BCUT2D eigenvalue weighted by atomic mass is 19.1. The van der Waals surface area contributed by atoms with Crippen LogP contribution in [0.2, 0.25) is 0 Å². The second-order valence-electron chi connectivity index (χ2n) is 10.3. The highest BCUT2D eigenvalue weighted by Crippen LogP contribution is 2.69. The smallest absolute Gasteiger partial charge is 0.193 e. The molecule has 4 aliphatic carbocycles. The van der Waals surface area contributed by atoms with Gasteiger partial charge in [0.25, 0.3) is 0 Å². The van der Waals surface area contributed by atoms with Crippen molar-refractivity contribution >= 4 is 11.6 Å². The van der Waals surface area contributed by atoms with Crippen molar-refractivity contribution in [3.63, 3.8) is 0 Å². The van der Waals surface area contributed by atoms with E-state index in [9.17, 15) is 19.8 Å². The minimum atomic E-state index is -2.17. The number of fused-ring (bicyclic) bond motifs is 7. The molecule has 2 unspecified atom stereocenters. The first-order valence-electron chi connectivity index (χ1n) is 11.6. The molecule has 0 bridgehead atoms. The predicted octanol–water partition coefficient (Wildman–Crippen LogP) is 2.37. The van der Waals surface area contributed by atoms with Gasteiger partial charge in [0.15, 0.2) is 23.5 Å². The Morgan fingerprint density at radius 1 is 1.31 bits per heavy atom. The normalized spacial score (nSPS) is 51.5. The standard InChI is InChI=1S/C24H30F2O6/c1-3-4-21-31-20-9-15-16-8-17(25)13-7-12(28)5-6-14(13)23(16,26)18(29)10-22(15,2)24(20,32-21)19(30)11-27/h5-7,14-18,20-21,27,29H,3-4,8-11H2,1-2H3/t14-,15?,16?,17+,18+,20-,21-,22+,23+,24-/m1/s1. The molecule has 1 saturated heterocycles. The number of rotatable bonds is 4. The third-order valence-electron chi connectivity index (χ3n) is 8.91. The van der Waals surface area contributed by atoms with E-state index in [-0.39, 0.29) is 30.6 Å². The highest BCUT2D eigenvalue weighted by molar-refractivity contribution is 6.01. The summed E-state index contributed by atoms with van der Waals surface area (Å²) in [5.41, 5.74) is -4.63. The third kappa shape index (κ3) is 2.58. The van der Waals surface area contributed by atoms with E-state index in [1.54, 1.807) is 6.92 Å². The maximum Gasteiger partial charge on any atom is 0.193 e. The largest absolute Gasteiger partial charge is 0.390 e. The van der Waals surface area contributed by atoms with E-state index in [2.05, 4.69) is 0 Å². The predicted molar refractivity (Wildman–Crippen MR) is 109 cm³/mol. The zero-order valence-corrected chi connectivity index (χ0v) is 18.3. The Morgan fingerprint density at radius 2 is 2.06 bits per heavy atom. The summed E-state index contributed by atoms with van der Waals surface area (Å²) in [6, 6.07) is 0. The Hall–Kier alpha value is -1.48. The van der Waals surface area contributed by atoms with Crippen molar-refractivity contribution in [1.29, 1.82) is 0 Å². The number of allylic oxidation sites excluding steroid dienone is 4. The lowest BCUT2D eigenvalue weighted by Crippen LogP contribution is -2.68. The van der Waals surface area contributed by atoms with Crippen molar-refractivity contribution in [2.45, 2.75) is 81.9 Å². The fourth-order valence-electron chi connectivity index (χ4n) is 7.58. The van der Waals surface area contributed by atoms with Crippen molar-refractivity contribution in [3.05, 3.63) is 23.8 Å². The number of ketones is 2. The van der Waals surface area contributed by atoms with E-state index in [1.165, 1.54) is 12.2 Å². The van der Waals surface area contributed by atoms with Crippen LogP contribution in [-0.2, 0) is 19.1 Å². The molecule has 0 aromatic rings. The average molecular weight is 452 g/mol. The molecule has 3 saturated carbocycles. The molecular weight excluding hydrogens is 422 g/mol. The fraction of sp³-hybridized carbons (Fsp3) is 0.750. The number of aliphatic hydroxyl groups is 2. The molecule has 1 heterocycles. The lowest BCUT2D eigenvalue weighted by molar-refractivity contribution is -0.222. The molecule has 0 aromatic carbocycles. The molecule has 1 aliphatic heterocycles. The van der Waals surface area contributed by atoms with E-state index < -0.39 is 71.5 Å². The first-order chi connectivity index (χ1) is 15.1. The van der Waals surface area contributed by atoms with E-state index in [4.69, 9.17) is 9.47 Å². The summed E-state index contributed by atoms with van der Waals surface area (Å²) in [4.78, 5) is 24.9. The SMILES string of the molecule is CCC[C@@H]1O[C@@H]2CC3C4C[C@H](F)C5=CC(=O)C=C[C@H]5[C@@]4(F)[C@@H](O)C[C@]3(C)[C@]2(C(=O)CO)O1. The molecule has 5 rings (SSSR count). The summed E-state index contributed by atoms with van der Waals surface area (Å²) >= 11 is 0. The number of hydrogen-bond acceptors (Lipinski definition) is 6. The molecule has 4 fully saturated rings. The van der Waals surface area contributed by atoms with Crippen molar-refractivity contribution in [3.8, 4) is 0 Å². The van der Waals surface area contributed by atoms with Gasteiger partial charge in [-0.25, -0.2) is 8.78 Å². The van der Waals surface area contributed by atoms with Crippen molar-refractivity contribution < 1.29 is 38.1 Å². The Balaban J connectivity index is 1.59. The summed E-state index contributed by atoms with van der Waals surface area (Å²) in [6.07, 6.45) is 0.773. The van der Waals surface area contributed by atoms with Crippen molar-refractivity contribution in [1.82, 2.24) is 0 Å². The number of aliphatic hydroxyl groups excluding tert-OH is 2. The number of carbonyl (C=O) groups is 2. The number of alkyl halides is 2. The van der Waals surface area contributed by atoms with Gasteiger partial charge >= 0.3 is 0 Å². The van der Waals surface area contributed by atoms with Gasteiger partial charge in [-0.05, 0) is 49.3 Å². The van der Waals surface area contributed by atoms with Crippen molar-refractivity contribution in [2.75, 3.05) is 6.61 Å². The first kappa shape index (κ1) is 22.3. The van der Waals surface area contributed by atoms with E-state index in [0.29, 0.717) is 6.42 Å². The molecule has 0 spiro atoms. The maximum absolute atomic E-state index is 16.8. The van der Waals surface area contributed by atoms with Crippen LogP contribution in [0.5, 0.6) is 0 Å². The summed E-state index contributed by atoms with van der Waals surface area (Å²) in [6.45, 7) is 2.99. The second kappa shape index (κ2) is 7.26. The van der Waals surface area contributed by atoms with Gasteiger partial charge in [-0.15, -0.1) is 0 Å². The Kier molecular flexibility index (Phi) is 5.06. The Labute approximate surface area is 185 Å². The molecular formula is C24H30F2O6.